The monoisotopic (exact) mass is 288 g/mol. The average Bonchev–Trinajstić information content (AvgIpc) is 2.74. The van der Waals surface area contributed by atoms with Crippen molar-refractivity contribution in [2.45, 2.75) is 30.3 Å². The number of nitrogens with zero attached hydrogens (tertiary/aromatic N) is 2. The molecule has 1 aliphatic heterocycles. The number of carboxylic acids is 1. The molecule has 104 valence electrons. The topological polar surface area (TPSA) is 87.6 Å². The fourth-order valence-electron chi connectivity index (χ4n) is 2.20. The van der Waals surface area contributed by atoms with Crippen LogP contribution in [0.15, 0.2) is 23.4 Å². The molecule has 1 atom stereocenters. The van der Waals surface area contributed by atoms with Gasteiger partial charge in [-0.3, -0.25) is 4.79 Å². The van der Waals surface area contributed by atoms with Crippen LogP contribution in [0.3, 0.4) is 0 Å². The molecule has 0 radical (unpaired) electrons. The molecule has 0 aromatic carbocycles. The summed E-state index contributed by atoms with van der Waals surface area (Å²) in [6.07, 6.45) is 1.76. The first-order valence-electron chi connectivity index (χ1n) is 5.67. The Hall–Kier alpha value is -1.54. The van der Waals surface area contributed by atoms with Gasteiger partial charge in [-0.2, -0.15) is 4.31 Å². The van der Waals surface area contributed by atoms with Gasteiger partial charge in [-0.05, 0) is 31.9 Å². The van der Waals surface area contributed by atoms with Gasteiger partial charge in [-0.15, -0.1) is 0 Å². The summed E-state index contributed by atoms with van der Waals surface area (Å²) in [5.74, 6) is -2.23. The van der Waals surface area contributed by atoms with Gasteiger partial charge in [-0.1, -0.05) is 0 Å². The summed E-state index contributed by atoms with van der Waals surface area (Å²) >= 11 is 0. The van der Waals surface area contributed by atoms with Crippen molar-refractivity contribution in [2.24, 2.45) is 0 Å². The fourth-order valence-corrected chi connectivity index (χ4v) is 3.99. The lowest BCUT2D eigenvalue weighted by Gasteiger charge is -2.29. The van der Waals surface area contributed by atoms with Crippen molar-refractivity contribution in [1.29, 1.82) is 0 Å². The normalized spacial score (nSPS) is 24.5. The van der Waals surface area contributed by atoms with Gasteiger partial charge in [0.1, 0.15) is 5.54 Å². The highest BCUT2D eigenvalue weighted by Crippen LogP contribution is 2.34. The second-order valence-electron chi connectivity index (χ2n) is 4.55. The molecule has 1 aromatic heterocycles. The number of carbonyl (C=O) groups is 1. The number of aliphatic carboxylic acids is 1. The van der Waals surface area contributed by atoms with Crippen molar-refractivity contribution < 1.29 is 22.7 Å². The van der Waals surface area contributed by atoms with Crippen LogP contribution in [-0.4, -0.2) is 40.9 Å². The van der Waals surface area contributed by atoms with Crippen LogP contribution in [0.25, 0.3) is 0 Å². The lowest BCUT2D eigenvalue weighted by atomic mass is 10.0. The van der Waals surface area contributed by atoms with Gasteiger partial charge in [0.05, 0.1) is 0 Å². The zero-order valence-corrected chi connectivity index (χ0v) is 11.0. The van der Waals surface area contributed by atoms with Gasteiger partial charge in [0, 0.05) is 12.7 Å². The molecule has 0 amide bonds. The van der Waals surface area contributed by atoms with Gasteiger partial charge < -0.3 is 5.11 Å². The third-order valence-corrected chi connectivity index (χ3v) is 5.25. The molecule has 1 aliphatic rings. The van der Waals surface area contributed by atoms with E-state index in [1.165, 1.54) is 13.0 Å². The number of sulfonamides is 1. The molecule has 6 nitrogen and oxygen atoms in total. The number of halogens is 1. The van der Waals surface area contributed by atoms with Crippen molar-refractivity contribution >= 4 is 16.0 Å². The molecular formula is C11H13FN2O4S. The van der Waals surface area contributed by atoms with Crippen molar-refractivity contribution in [2.75, 3.05) is 6.54 Å². The number of hydrogen-bond acceptors (Lipinski definition) is 4. The molecular weight excluding hydrogens is 275 g/mol. The molecule has 1 unspecified atom stereocenters. The standard InChI is InChI=1S/C11H13FN2O4S/c1-11(10(15)16)5-3-7-14(11)19(17,18)9-8(12)4-2-6-13-9/h2,4,6H,3,5,7H2,1H3,(H,15,16). The lowest BCUT2D eigenvalue weighted by Crippen LogP contribution is -2.50. The molecule has 8 heteroatoms. The van der Waals surface area contributed by atoms with Crippen LogP contribution < -0.4 is 0 Å². The summed E-state index contributed by atoms with van der Waals surface area (Å²) in [6, 6.07) is 2.25. The van der Waals surface area contributed by atoms with E-state index in [0.29, 0.717) is 6.42 Å². The second kappa shape index (κ2) is 4.53. The molecule has 1 aromatic rings. The summed E-state index contributed by atoms with van der Waals surface area (Å²) < 4.78 is 39.1. The Bertz CT molecular complexity index is 619. The minimum absolute atomic E-state index is 0.0428. The Morgan fingerprint density at radius 3 is 2.84 bits per heavy atom. The molecule has 0 bridgehead atoms. The van der Waals surface area contributed by atoms with Crippen LogP contribution in [0.5, 0.6) is 0 Å². The van der Waals surface area contributed by atoms with Gasteiger partial charge in [0.15, 0.2) is 5.82 Å². The number of hydrogen-bond donors (Lipinski definition) is 1. The molecule has 2 rings (SSSR count). The first-order valence-corrected chi connectivity index (χ1v) is 7.11. The summed E-state index contributed by atoms with van der Waals surface area (Å²) in [5, 5.41) is 8.47. The Morgan fingerprint density at radius 2 is 2.26 bits per heavy atom. The molecule has 19 heavy (non-hydrogen) atoms. The number of rotatable bonds is 3. The van der Waals surface area contributed by atoms with Crippen molar-refractivity contribution in [3.8, 4) is 0 Å². The maximum atomic E-state index is 13.6. The molecule has 0 spiro atoms. The molecule has 1 fully saturated rings. The number of carboxylic acid groups (broad SMARTS) is 1. The van der Waals surface area contributed by atoms with E-state index in [1.54, 1.807) is 0 Å². The van der Waals surface area contributed by atoms with E-state index in [-0.39, 0.29) is 13.0 Å². The highest BCUT2D eigenvalue weighted by Gasteiger charge is 2.50. The van der Waals surface area contributed by atoms with Crippen molar-refractivity contribution in [1.82, 2.24) is 9.29 Å². The zero-order valence-electron chi connectivity index (χ0n) is 10.2. The highest BCUT2D eigenvalue weighted by molar-refractivity contribution is 7.89. The van der Waals surface area contributed by atoms with Crippen molar-refractivity contribution in [3.05, 3.63) is 24.1 Å². The van der Waals surface area contributed by atoms with Gasteiger partial charge in [0.25, 0.3) is 10.0 Å². The van der Waals surface area contributed by atoms with Gasteiger partial charge >= 0.3 is 5.97 Å². The van der Waals surface area contributed by atoms with E-state index in [2.05, 4.69) is 4.98 Å². The zero-order chi connectivity index (χ0) is 14.3. The first-order chi connectivity index (χ1) is 8.80. The van der Waals surface area contributed by atoms with E-state index < -0.39 is 32.4 Å². The predicted octanol–water partition coefficient (Wildman–Crippen LogP) is 0.848. The van der Waals surface area contributed by atoms with Gasteiger partial charge in [0.2, 0.25) is 5.03 Å². The Kier molecular flexibility index (Phi) is 3.31. The van der Waals surface area contributed by atoms with E-state index in [4.69, 9.17) is 0 Å². The largest absolute Gasteiger partial charge is 0.480 e. The Labute approximate surface area is 109 Å². The van der Waals surface area contributed by atoms with E-state index >= 15 is 0 Å². The molecule has 1 N–H and O–H groups in total. The highest BCUT2D eigenvalue weighted by atomic mass is 32.2. The summed E-state index contributed by atoms with van der Waals surface area (Å²) in [6.45, 7) is 1.36. The summed E-state index contributed by atoms with van der Waals surface area (Å²) in [5.41, 5.74) is -1.55. The quantitative estimate of drug-likeness (QED) is 0.890. The molecule has 0 aliphatic carbocycles. The van der Waals surface area contributed by atoms with E-state index in [0.717, 1.165) is 16.6 Å². The molecule has 1 saturated heterocycles. The third-order valence-electron chi connectivity index (χ3n) is 3.30. The first kappa shape index (κ1) is 13.9. The molecule has 2 heterocycles. The number of aromatic nitrogens is 1. The van der Waals surface area contributed by atoms with E-state index in [1.807, 2.05) is 0 Å². The van der Waals surface area contributed by atoms with Gasteiger partial charge in [-0.25, -0.2) is 17.8 Å². The second-order valence-corrected chi connectivity index (χ2v) is 6.33. The Balaban J connectivity index is 2.52. The smallest absolute Gasteiger partial charge is 0.324 e. The number of pyridine rings is 1. The maximum absolute atomic E-state index is 13.6. The van der Waals surface area contributed by atoms with Crippen LogP contribution in [0.4, 0.5) is 4.39 Å². The van der Waals surface area contributed by atoms with Crippen LogP contribution in [-0.2, 0) is 14.8 Å². The van der Waals surface area contributed by atoms with E-state index in [9.17, 15) is 22.7 Å². The van der Waals surface area contributed by atoms with Crippen molar-refractivity contribution in [3.63, 3.8) is 0 Å². The Morgan fingerprint density at radius 1 is 1.58 bits per heavy atom. The maximum Gasteiger partial charge on any atom is 0.324 e. The SMILES string of the molecule is CC1(C(=O)O)CCCN1S(=O)(=O)c1ncccc1F. The fraction of sp³-hybridized carbons (Fsp3) is 0.455. The molecule has 0 saturated carbocycles. The lowest BCUT2D eigenvalue weighted by molar-refractivity contribution is -0.146. The average molecular weight is 288 g/mol. The van der Waals surface area contributed by atoms with Crippen LogP contribution in [0, 0.1) is 5.82 Å². The minimum atomic E-state index is -4.26. The summed E-state index contributed by atoms with van der Waals surface area (Å²) in [4.78, 5) is 14.8. The van der Waals surface area contributed by atoms with Crippen LogP contribution in [0.1, 0.15) is 19.8 Å². The third kappa shape index (κ3) is 2.10. The predicted molar refractivity (Wildman–Crippen MR) is 63.4 cm³/mol. The van der Waals surface area contributed by atoms with Crippen LogP contribution in [0.2, 0.25) is 0 Å². The summed E-state index contributed by atoms with van der Waals surface area (Å²) in [7, 11) is -4.26. The van der Waals surface area contributed by atoms with Crippen LogP contribution >= 0.6 is 0 Å². The minimum Gasteiger partial charge on any atom is -0.480 e.